The highest BCUT2D eigenvalue weighted by Crippen LogP contribution is 2.50. The molecule has 0 aliphatic heterocycles. The number of fused-ring (bicyclic) bond motifs is 2. The summed E-state index contributed by atoms with van der Waals surface area (Å²) in [6, 6.07) is 5.95. The molecule has 2 atom stereocenters. The van der Waals surface area contributed by atoms with E-state index in [1.54, 1.807) is 6.07 Å². The molecular weight excluding hydrogens is 508 g/mol. The van der Waals surface area contributed by atoms with Crippen LogP contribution < -0.4 is 11.1 Å². The fourth-order valence-corrected chi connectivity index (χ4v) is 6.70. The molecule has 2 aliphatic rings. The lowest BCUT2D eigenvalue weighted by Crippen LogP contribution is -2.17. The van der Waals surface area contributed by atoms with Crippen molar-refractivity contribution in [2.24, 2.45) is 7.05 Å². The van der Waals surface area contributed by atoms with Gasteiger partial charge in [-0.3, -0.25) is 9.48 Å². The van der Waals surface area contributed by atoms with Gasteiger partial charge in [0.05, 0.1) is 5.56 Å². The Morgan fingerprint density at radius 2 is 1.49 bits per heavy atom. The molecule has 0 saturated carbocycles. The summed E-state index contributed by atoms with van der Waals surface area (Å²) in [6.07, 6.45) is 0.140. The summed E-state index contributed by atoms with van der Waals surface area (Å²) in [5.74, 6) is -0.662. The molecule has 9 heteroatoms. The molecule has 0 spiro atoms. The average molecular weight is 545 g/mol. The maximum Gasteiger partial charge on any atom is 0.282 e. The Hall–Kier alpha value is -3.36. The van der Waals surface area contributed by atoms with Gasteiger partial charge in [-0.2, -0.15) is 5.10 Å². The highest BCUT2D eigenvalue weighted by atomic mass is 19.3. The number of anilines is 2. The Morgan fingerprint density at radius 3 is 2.03 bits per heavy atom. The van der Waals surface area contributed by atoms with E-state index in [4.69, 9.17) is 5.73 Å². The van der Waals surface area contributed by atoms with Gasteiger partial charge < -0.3 is 11.1 Å². The highest BCUT2D eigenvalue weighted by Gasteiger charge is 2.40. The van der Waals surface area contributed by atoms with Crippen molar-refractivity contribution < 1.29 is 22.4 Å². The van der Waals surface area contributed by atoms with Gasteiger partial charge in [-0.15, -0.1) is 0 Å². The summed E-state index contributed by atoms with van der Waals surface area (Å²) in [4.78, 5) is 12.5. The number of aromatic nitrogens is 2. The van der Waals surface area contributed by atoms with Gasteiger partial charge in [0.25, 0.3) is 12.3 Å². The minimum Gasteiger partial charge on any atom is -0.398 e. The number of benzene rings is 2. The zero-order chi connectivity index (χ0) is 29.0. The van der Waals surface area contributed by atoms with Crippen LogP contribution in [0.15, 0.2) is 30.5 Å². The molecule has 0 bridgehead atoms. The van der Waals surface area contributed by atoms with Crippen molar-refractivity contribution in [3.05, 3.63) is 75.6 Å². The number of halogens is 4. The molecular formula is C30H36F4N4O. The van der Waals surface area contributed by atoms with Gasteiger partial charge in [0.1, 0.15) is 17.3 Å². The number of hydrogen-bond donors (Lipinski definition) is 2. The molecule has 2 unspecified atom stereocenters. The molecule has 1 amide bonds. The van der Waals surface area contributed by atoms with Crippen LogP contribution >= 0.6 is 0 Å². The SMILES string of the molecule is CC1CC(C)(C)c2c(F)ccc(N)c21.CC1CC(C)(C)c2c(F)ccc(NC(=O)c3cn(C)nc3C(F)F)c21. The van der Waals surface area contributed by atoms with E-state index in [2.05, 4.69) is 31.2 Å². The summed E-state index contributed by atoms with van der Waals surface area (Å²) in [5, 5.41) is 6.31. The van der Waals surface area contributed by atoms with Crippen LogP contribution in [-0.2, 0) is 17.9 Å². The molecule has 2 aliphatic carbocycles. The lowest BCUT2D eigenvalue weighted by atomic mass is 9.85. The Balaban J connectivity index is 0.000000212. The van der Waals surface area contributed by atoms with Gasteiger partial charge in [0.2, 0.25) is 0 Å². The van der Waals surface area contributed by atoms with E-state index in [0.29, 0.717) is 17.2 Å². The molecule has 2 aromatic carbocycles. The Morgan fingerprint density at radius 1 is 0.974 bits per heavy atom. The summed E-state index contributed by atoms with van der Waals surface area (Å²) in [7, 11) is 1.48. The van der Waals surface area contributed by atoms with Crippen LogP contribution in [0.3, 0.4) is 0 Å². The van der Waals surface area contributed by atoms with Gasteiger partial charge in [-0.1, -0.05) is 41.5 Å². The van der Waals surface area contributed by atoms with E-state index in [9.17, 15) is 22.4 Å². The Labute approximate surface area is 226 Å². The average Bonchev–Trinajstić information content (AvgIpc) is 3.42. The molecule has 5 nitrogen and oxygen atoms in total. The lowest BCUT2D eigenvalue weighted by molar-refractivity contribution is 0.101. The summed E-state index contributed by atoms with van der Waals surface area (Å²) in [6.45, 7) is 12.2. The number of nitrogens with zero attached hydrogens (tertiary/aromatic N) is 2. The van der Waals surface area contributed by atoms with E-state index < -0.39 is 18.0 Å². The first-order chi connectivity index (χ1) is 18.0. The molecule has 0 fully saturated rings. The fraction of sp³-hybridized carbons (Fsp3) is 0.467. The van der Waals surface area contributed by atoms with Crippen molar-refractivity contribution in [2.75, 3.05) is 11.1 Å². The first kappa shape index (κ1) is 28.6. The van der Waals surface area contributed by atoms with Crippen LogP contribution in [-0.4, -0.2) is 15.7 Å². The number of rotatable bonds is 3. The largest absolute Gasteiger partial charge is 0.398 e. The van der Waals surface area contributed by atoms with Crippen LogP contribution in [0.2, 0.25) is 0 Å². The van der Waals surface area contributed by atoms with Crippen LogP contribution in [0.25, 0.3) is 0 Å². The maximum atomic E-state index is 14.3. The Bertz CT molecular complexity index is 1430. The smallest absolute Gasteiger partial charge is 0.282 e. The van der Waals surface area contributed by atoms with Gasteiger partial charge >= 0.3 is 0 Å². The zero-order valence-electron chi connectivity index (χ0n) is 23.4. The third kappa shape index (κ3) is 5.15. The summed E-state index contributed by atoms with van der Waals surface area (Å²) in [5.41, 5.74) is 9.09. The molecule has 1 aromatic heterocycles. The first-order valence-electron chi connectivity index (χ1n) is 13.1. The van der Waals surface area contributed by atoms with Gasteiger partial charge in [-0.05, 0) is 82.0 Å². The van der Waals surface area contributed by atoms with E-state index in [1.165, 1.54) is 36.1 Å². The van der Waals surface area contributed by atoms with Crippen molar-refractivity contribution in [3.8, 4) is 0 Å². The minimum atomic E-state index is -2.85. The van der Waals surface area contributed by atoms with Crippen molar-refractivity contribution in [1.82, 2.24) is 9.78 Å². The second-order valence-electron chi connectivity index (χ2n) is 12.1. The van der Waals surface area contributed by atoms with Crippen LogP contribution in [0.1, 0.15) is 111 Å². The number of amides is 1. The van der Waals surface area contributed by atoms with Crippen molar-refractivity contribution in [3.63, 3.8) is 0 Å². The van der Waals surface area contributed by atoms with E-state index in [1.807, 2.05) is 20.8 Å². The summed E-state index contributed by atoms with van der Waals surface area (Å²) >= 11 is 0. The van der Waals surface area contributed by atoms with Gasteiger partial charge in [0.15, 0.2) is 0 Å². The minimum absolute atomic E-state index is 0.0551. The van der Waals surface area contributed by atoms with Gasteiger partial charge in [0, 0.05) is 24.6 Å². The number of hydrogen-bond acceptors (Lipinski definition) is 3. The molecule has 3 N–H and O–H groups in total. The third-order valence-electron chi connectivity index (χ3n) is 7.95. The fourth-order valence-electron chi connectivity index (χ4n) is 6.70. The first-order valence-corrected chi connectivity index (χ1v) is 13.1. The standard InChI is InChI=1S/C18H20F3N3O.C12H16FN/c1-9-7-18(2,3)14-11(19)5-6-12(13(9)14)22-17(25)10-8-24(4)23-15(10)16(20)21;1-7-6-12(2,3)11-8(13)4-5-9(14)10(7)11/h5-6,8-9,16H,7H2,1-4H3,(H,22,25);4-5,7H,6,14H2,1-3H3. The van der Waals surface area contributed by atoms with Crippen LogP contribution in [0.4, 0.5) is 28.9 Å². The molecule has 5 rings (SSSR count). The third-order valence-corrected chi connectivity index (χ3v) is 7.95. The predicted molar refractivity (Wildman–Crippen MR) is 145 cm³/mol. The molecule has 3 aromatic rings. The number of carbonyl (C=O) groups excluding carboxylic acids is 1. The van der Waals surface area contributed by atoms with Crippen LogP contribution in [0.5, 0.6) is 0 Å². The van der Waals surface area contributed by atoms with Crippen molar-refractivity contribution in [2.45, 2.75) is 83.5 Å². The molecule has 0 radical (unpaired) electrons. The van der Waals surface area contributed by atoms with E-state index in [0.717, 1.165) is 35.2 Å². The number of alkyl halides is 2. The second-order valence-corrected chi connectivity index (χ2v) is 12.1. The number of aryl methyl sites for hydroxylation is 1. The molecule has 1 heterocycles. The van der Waals surface area contributed by atoms with Crippen LogP contribution in [0, 0.1) is 11.6 Å². The second kappa shape index (κ2) is 9.99. The quantitative estimate of drug-likeness (QED) is 0.262. The topological polar surface area (TPSA) is 72.9 Å². The normalized spacial score (nSPS) is 20.3. The molecule has 39 heavy (non-hydrogen) atoms. The highest BCUT2D eigenvalue weighted by molar-refractivity contribution is 6.05. The van der Waals surface area contributed by atoms with E-state index in [-0.39, 0.29) is 33.9 Å². The number of nitrogens with one attached hydrogen (secondary N) is 1. The molecule has 0 saturated heterocycles. The zero-order valence-corrected chi connectivity index (χ0v) is 23.4. The maximum absolute atomic E-state index is 14.3. The van der Waals surface area contributed by atoms with Crippen molar-refractivity contribution >= 4 is 17.3 Å². The number of nitrogens with two attached hydrogens (primary N) is 1. The van der Waals surface area contributed by atoms with Crippen molar-refractivity contribution in [1.29, 1.82) is 0 Å². The monoisotopic (exact) mass is 544 g/mol. The number of carbonyl (C=O) groups is 1. The lowest BCUT2D eigenvalue weighted by Gasteiger charge is -2.20. The van der Waals surface area contributed by atoms with Gasteiger partial charge in [-0.25, -0.2) is 17.6 Å². The van der Waals surface area contributed by atoms with E-state index >= 15 is 0 Å². The predicted octanol–water partition coefficient (Wildman–Crippen LogP) is 7.73. The molecule has 210 valence electrons. The summed E-state index contributed by atoms with van der Waals surface area (Å²) < 4.78 is 55.4. The Kier molecular flexibility index (Phi) is 7.34. The number of nitrogen functional groups attached to an aromatic ring is 1.